The number of carbonyl (C=O) groups is 2. The van der Waals surface area contributed by atoms with Crippen molar-refractivity contribution in [1.82, 2.24) is 0 Å². The highest BCUT2D eigenvalue weighted by molar-refractivity contribution is 7.19. The Hall–Kier alpha value is -1.78. The average Bonchev–Trinajstić information content (AvgIpc) is 3.19. The van der Waals surface area contributed by atoms with Crippen LogP contribution in [0.25, 0.3) is 10.1 Å². The summed E-state index contributed by atoms with van der Waals surface area (Å²) in [6.45, 7) is 0. The van der Waals surface area contributed by atoms with Crippen LogP contribution in [0.2, 0.25) is 0 Å². The second-order valence-corrected chi connectivity index (χ2v) is 8.62. The van der Waals surface area contributed by atoms with E-state index in [9.17, 15) is 14.7 Å². The Balaban J connectivity index is 1.50. The normalized spacial score (nSPS) is 22.9. The summed E-state index contributed by atoms with van der Waals surface area (Å²) in [4.78, 5) is 24.0. The van der Waals surface area contributed by atoms with Gasteiger partial charge in [0.15, 0.2) is 0 Å². The molecule has 2 aromatic rings. The zero-order valence-corrected chi connectivity index (χ0v) is 16.5. The standard InChI is InChI=1S/C23H28O3S/c24-14-7-3-1-2-4-11-19-20(22(26)16-21(19)25)12-8-10-18-15-17-9-5-6-13-23(17)27-18/h2,4-6,9,13-15,19-20,22,26H,1,3,7-8,10-12,16H2/b4-2-/t19-,20-,22-/m1/s1. The molecule has 1 aromatic carbocycles. The first-order chi connectivity index (χ1) is 13.2. The van der Waals surface area contributed by atoms with Gasteiger partial charge in [-0.2, -0.15) is 0 Å². The summed E-state index contributed by atoms with van der Waals surface area (Å²) in [5, 5.41) is 11.6. The summed E-state index contributed by atoms with van der Waals surface area (Å²) >= 11 is 1.84. The van der Waals surface area contributed by atoms with Gasteiger partial charge < -0.3 is 9.90 Å². The van der Waals surface area contributed by atoms with Gasteiger partial charge in [0, 0.05) is 28.3 Å². The van der Waals surface area contributed by atoms with E-state index in [4.69, 9.17) is 0 Å². The topological polar surface area (TPSA) is 54.4 Å². The minimum absolute atomic E-state index is 0.0512. The fourth-order valence-corrected chi connectivity index (χ4v) is 5.17. The Bertz CT molecular complexity index is 759. The van der Waals surface area contributed by atoms with Gasteiger partial charge in [-0.25, -0.2) is 0 Å². The van der Waals surface area contributed by atoms with Crippen LogP contribution in [0.3, 0.4) is 0 Å². The molecule has 3 rings (SSSR count). The first-order valence-electron chi connectivity index (χ1n) is 9.96. The van der Waals surface area contributed by atoms with E-state index in [1.165, 1.54) is 15.0 Å². The zero-order valence-electron chi connectivity index (χ0n) is 15.7. The van der Waals surface area contributed by atoms with Crippen LogP contribution >= 0.6 is 11.3 Å². The molecule has 1 fully saturated rings. The molecule has 27 heavy (non-hydrogen) atoms. The number of carbonyl (C=O) groups excluding carboxylic acids is 2. The fraction of sp³-hybridized carbons (Fsp3) is 0.478. The Morgan fingerprint density at radius 3 is 2.81 bits per heavy atom. The molecular weight excluding hydrogens is 356 g/mol. The number of Topliss-reactive ketones (excluding diaryl/α,β-unsaturated/α-hetero) is 1. The number of hydrogen-bond donors (Lipinski definition) is 1. The lowest BCUT2D eigenvalue weighted by molar-refractivity contribution is -0.121. The van der Waals surface area contributed by atoms with E-state index in [1.54, 1.807) is 0 Å². The van der Waals surface area contributed by atoms with Gasteiger partial charge in [0.2, 0.25) is 0 Å². The molecule has 1 N–H and O–H groups in total. The van der Waals surface area contributed by atoms with Crippen molar-refractivity contribution in [3.63, 3.8) is 0 Å². The molecule has 1 aliphatic rings. The number of benzene rings is 1. The number of aryl methyl sites for hydroxylation is 1. The van der Waals surface area contributed by atoms with Crippen molar-refractivity contribution >= 4 is 33.5 Å². The Morgan fingerprint density at radius 2 is 2.00 bits per heavy atom. The molecular formula is C23H28O3S. The molecule has 1 saturated carbocycles. The van der Waals surface area contributed by atoms with E-state index in [0.717, 1.165) is 38.4 Å². The van der Waals surface area contributed by atoms with Gasteiger partial charge in [0.05, 0.1) is 6.10 Å². The maximum atomic E-state index is 12.3. The number of aliphatic hydroxyl groups is 1. The zero-order chi connectivity index (χ0) is 19.1. The first-order valence-corrected chi connectivity index (χ1v) is 10.8. The fourth-order valence-electron chi connectivity index (χ4n) is 4.07. The lowest BCUT2D eigenvalue weighted by atomic mass is 9.87. The van der Waals surface area contributed by atoms with E-state index in [1.807, 2.05) is 11.3 Å². The number of unbranched alkanes of at least 4 members (excludes halogenated alkanes) is 2. The summed E-state index contributed by atoms with van der Waals surface area (Å²) < 4.78 is 1.32. The molecule has 3 atom stereocenters. The number of aliphatic hydroxyl groups excluding tert-OH is 1. The van der Waals surface area contributed by atoms with Crippen molar-refractivity contribution < 1.29 is 14.7 Å². The van der Waals surface area contributed by atoms with Crippen molar-refractivity contribution in [2.75, 3.05) is 0 Å². The van der Waals surface area contributed by atoms with E-state index >= 15 is 0 Å². The molecule has 0 bridgehead atoms. The molecule has 0 spiro atoms. The lowest BCUT2D eigenvalue weighted by Gasteiger charge is -2.19. The first kappa shape index (κ1) is 20.0. The maximum absolute atomic E-state index is 12.3. The summed E-state index contributed by atoms with van der Waals surface area (Å²) in [5.74, 6) is 0.225. The number of allylic oxidation sites excluding steroid dienone is 2. The van der Waals surface area contributed by atoms with Gasteiger partial charge in [-0.1, -0.05) is 30.4 Å². The van der Waals surface area contributed by atoms with Gasteiger partial charge >= 0.3 is 0 Å². The van der Waals surface area contributed by atoms with Crippen LogP contribution in [0.15, 0.2) is 42.5 Å². The predicted octanol–water partition coefficient (Wildman–Crippen LogP) is 5.11. The molecule has 144 valence electrons. The number of aldehydes is 1. The molecule has 4 heteroatoms. The summed E-state index contributed by atoms with van der Waals surface area (Å²) in [6, 6.07) is 10.7. The number of ketones is 1. The number of fused-ring (bicyclic) bond motifs is 1. The molecule has 0 saturated heterocycles. The van der Waals surface area contributed by atoms with Crippen molar-refractivity contribution in [2.45, 2.75) is 57.5 Å². The van der Waals surface area contributed by atoms with E-state index in [-0.39, 0.29) is 17.6 Å². The Morgan fingerprint density at radius 1 is 1.15 bits per heavy atom. The number of rotatable bonds is 10. The smallest absolute Gasteiger partial charge is 0.139 e. The molecule has 1 aliphatic carbocycles. The molecule has 0 aliphatic heterocycles. The van der Waals surface area contributed by atoms with Crippen LogP contribution in [0, 0.1) is 11.8 Å². The molecule has 3 nitrogen and oxygen atoms in total. The van der Waals surface area contributed by atoms with Gasteiger partial charge in [0.1, 0.15) is 12.1 Å². The number of thiophene rings is 1. The number of hydrogen-bond acceptors (Lipinski definition) is 4. The highest BCUT2D eigenvalue weighted by Gasteiger charge is 2.40. The van der Waals surface area contributed by atoms with Crippen LogP contribution in [-0.2, 0) is 16.0 Å². The maximum Gasteiger partial charge on any atom is 0.139 e. The Kier molecular flexibility index (Phi) is 7.36. The highest BCUT2D eigenvalue weighted by Crippen LogP contribution is 2.36. The van der Waals surface area contributed by atoms with Gasteiger partial charge in [0.25, 0.3) is 0 Å². The highest BCUT2D eigenvalue weighted by atomic mass is 32.1. The van der Waals surface area contributed by atoms with Crippen molar-refractivity contribution in [3.05, 3.63) is 47.4 Å². The molecule has 0 unspecified atom stereocenters. The van der Waals surface area contributed by atoms with Crippen molar-refractivity contribution in [2.24, 2.45) is 11.8 Å². The third kappa shape index (κ3) is 5.36. The van der Waals surface area contributed by atoms with Crippen molar-refractivity contribution in [1.29, 1.82) is 0 Å². The van der Waals surface area contributed by atoms with E-state index < -0.39 is 6.10 Å². The summed E-state index contributed by atoms with van der Waals surface area (Å²) in [6.07, 6.45) is 10.8. The molecule has 1 aromatic heterocycles. The van der Waals surface area contributed by atoms with Gasteiger partial charge in [-0.3, -0.25) is 4.79 Å². The van der Waals surface area contributed by atoms with Gasteiger partial charge in [-0.15, -0.1) is 11.3 Å². The third-order valence-electron chi connectivity index (χ3n) is 5.52. The SMILES string of the molecule is O=CCCC/C=C\C[C@H]1C(=O)C[C@@H](O)[C@@H]1CCCc1cc2ccccc2s1. The summed E-state index contributed by atoms with van der Waals surface area (Å²) in [5.41, 5.74) is 0. The molecule has 1 heterocycles. The minimum atomic E-state index is -0.492. The minimum Gasteiger partial charge on any atom is -0.392 e. The average molecular weight is 385 g/mol. The lowest BCUT2D eigenvalue weighted by Crippen LogP contribution is -2.20. The largest absolute Gasteiger partial charge is 0.392 e. The van der Waals surface area contributed by atoms with Crippen LogP contribution in [-0.4, -0.2) is 23.3 Å². The van der Waals surface area contributed by atoms with E-state index in [0.29, 0.717) is 19.3 Å². The quantitative estimate of drug-likeness (QED) is 0.352. The van der Waals surface area contributed by atoms with Crippen LogP contribution in [0.4, 0.5) is 0 Å². The van der Waals surface area contributed by atoms with Gasteiger partial charge in [-0.05, 0) is 62.0 Å². The van der Waals surface area contributed by atoms with Crippen LogP contribution in [0.5, 0.6) is 0 Å². The van der Waals surface area contributed by atoms with Crippen LogP contribution in [0.1, 0.15) is 49.8 Å². The monoisotopic (exact) mass is 384 g/mol. The predicted molar refractivity (Wildman–Crippen MR) is 111 cm³/mol. The van der Waals surface area contributed by atoms with E-state index in [2.05, 4.69) is 42.5 Å². The van der Waals surface area contributed by atoms with Crippen molar-refractivity contribution in [3.8, 4) is 0 Å². The second kappa shape index (κ2) is 9.95. The molecule has 0 amide bonds. The second-order valence-electron chi connectivity index (χ2n) is 7.46. The Labute approximate surface area is 165 Å². The third-order valence-corrected chi connectivity index (χ3v) is 6.70. The summed E-state index contributed by atoms with van der Waals surface area (Å²) in [7, 11) is 0. The van der Waals surface area contributed by atoms with Crippen LogP contribution < -0.4 is 0 Å². The molecule has 0 radical (unpaired) electrons.